The van der Waals surface area contributed by atoms with Gasteiger partial charge >= 0.3 is 5.97 Å². The Labute approximate surface area is 254 Å². The number of carboxylic acid groups (broad SMARTS) is 1. The van der Waals surface area contributed by atoms with Gasteiger partial charge in [0.2, 0.25) is 15.9 Å². The molecule has 44 heavy (non-hydrogen) atoms. The molecule has 4 aromatic rings. The molecule has 1 N–H and O–H groups in total. The van der Waals surface area contributed by atoms with Crippen LogP contribution in [-0.2, 0) is 27.7 Å². The van der Waals surface area contributed by atoms with Crippen molar-refractivity contribution in [3.05, 3.63) is 106 Å². The van der Waals surface area contributed by atoms with E-state index in [1.807, 2.05) is 49.4 Å². The SMILES string of the molecule is Cc1oc(-c2ccccc2)nc1CCOc1ccc(C[C@@H](C(=O)O)N2CCN(S(=O)(=O)c3ccc([N+](=O)[O-])cc3)CC2)cc1. The second-order valence-electron chi connectivity index (χ2n) is 10.4. The van der Waals surface area contributed by atoms with Crippen molar-refractivity contribution in [1.29, 1.82) is 0 Å². The zero-order valence-corrected chi connectivity index (χ0v) is 24.9. The second-order valence-corrected chi connectivity index (χ2v) is 12.3. The predicted molar refractivity (Wildman–Crippen MR) is 161 cm³/mol. The van der Waals surface area contributed by atoms with Crippen LogP contribution in [0.1, 0.15) is 17.0 Å². The third kappa shape index (κ3) is 7.13. The number of aliphatic carboxylic acids is 1. The first-order valence-electron chi connectivity index (χ1n) is 14.1. The Balaban J connectivity index is 1.13. The minimum Gasteiger partial charge on any atom is -0.493 e. The van der Waals surface area contributed by atoms with Crippen LogP contribution in [0.2, 0.25) is 0 Å². The summed E-state index contributed by atoms with van der Waals surface area (Å²) in [6.45, 7) is 2.95. The van der Waals surface area contributed by atoms with Crippen molar-refractivity contribution in [2.45, 2.75) is 30.7 Å². The number of hydrogen-bond donors (Lipinski definition) is 1. The number of aromatic nitrogens is 1. The lowest BCUT2D eigenvalue weighted by Gasteiger charge is -2.37. The standard InChI is InChI=1S/C31H32N4O8S/c1-22-28(32-30(43-22)24-5-3-2-4-6-24)15-20-42-26-11-7-23(8-12-26)21-29(31(36)37)33-16-18-34(19-17-33)44(40,41)27-13-9-25(10-14-27)35(38)39/h2-14,29H,15-21H2,1H3,(H,36,37)/t29-/m0/s1. The molecule has 0 bridgehead atoms. The summed E-state index contributed by atoms with van der Waals surface area (Å²) < 4.78 is 39.1. The summed E-state index contributed by atoms with van der Waals surface area (Å²) in [6.07, 6.45) is 0.808. The number of oxazole rings is 1. The van der Waals surface area contributed by atoms with Crippen molar-refractivity contribution in [1.82, 2.24) is 14.2 Å². The van der Waals surface area contributed by atoms with Gasteiger partial charge in [-0.1, -0.05) is 30.3 Å². The fourth-order valence-corrected chi connectivity index (χ4v) is 6.51. The summed E-state index contributed by atoms with van der Waals surface area (Å²) in [4.78, 5) is 28.8. The summed E-state index contributed by atoms with van der Waals surface area (Å²) in [5.74, 6) is 0.972. The van der Waals surface area contributed by atoms with Crippen LogP contribution in [0.25, 0.3) is 11.5 Å². The van der Waals surface area contributed by atoms with Gasteiger partial charge in [0.15, 0.2) is 0 Å². The monoisotopic (exact) mass is 620 g/mol. The lowest BCUT2D eigenvalue weighted by Crippen LogP contribution is -2.54. The molecule has 230 valence electrons. The lowest BCUT2D eigenvalue weighted by molar-refractivity contribution is -0.384. The van der Waals surface area contributed by atoms with E-state index in [0.29, 0.717) is 24.7 Å². The molecule has 0 saturated carbocycles. The molecule has 13 heteroatoms. The Morgan fingerprint density at radius 2 is 1.68 bits per heavy atom. The van der Waals surface area contributed by atoms with Gasteiger partial charge < -0.3 is 14.3 Å². The van der Waals surface area contributed by atoms with Crippen LogP contribution >= 0.6 is 0 Å². The smallest absolute Gasteiger partial charge is 0.321 e. The molecule has 1 aliphatic rings. The summed E-state index contributed by atoms with van der Waals surface area (Å²) >= 11 is 0. The average molecular weight is 621 g/mol. The highest BCUT2D eigenvalue weighted by Gasteiger charge is 2.34. The van der Waals surface area contributed by atoms with Crippen molar-refractivity contribution in [3.63, 3.8) is 0 Å². The van der Waals surface area contributed by atoms with Gasteiger partial charge in [-0.05, 0) is 55.3 Å². The molecule has 0 amide bonds. The van der Waals surface area contributed by atoms with Gasteiger partial charge in [0.1, 0.15) is 17.6 Å². The van der Waals surface area contributed by atoms with Crippen LogP contribution in [0.4, 0.5) is 5.69 Å². The first kappa shape index (κ1) is 30.9. The van der Waals surface area contributed by atoms with Gasteiger partial charge in [-0.3, -0.25) is 19.8 Å². The third-order valence-corrected chi connectivity index (χ3v) is 9.47. The van der Waals surface area contributed by atoms with Gasteiger partial charge in [-0.25, -0.2) is 13.4 Å². The molecule has 5 rings (SSSR count). The molecule has 0 aliphatic carbocycles. The summed E-state index contributed by atoms with van der Waals surface area (Å²) in [5.41, 5.74) is 2.35. The topological polar surface area (TPSA) is 156 Å². The Bertz CT molecular complexity index is 1700. The Morgan fingerprint density at radius 3 is 2.30 bits per heavy atom. The molecule has 1 aliphatic heterocycles. The highest BCUT2D eigenvalue weighted by atomic mass is 32.2. The van der Waals surface area contributed by atoms with E-state index in [0.717, 1.165) is 34.7 Å². The number of nitro benzene ring substituents is 1. The number of hydrogen-bond acceptors (Lipinski definition) is 9. The molecular formula is C31H32N4O8S. The molecular weight excluding hydrogens is 588 g/mol. The summed E-state index contributed by atoms with van der Waals surface area (Å²) in [6, 6.07) is 20.8. The Morgan fingerprint density at radius 1 is 1.02 bits per heavy atom. The van der Waals surface area contributed by atoms with E-state index in [4.69, 9.17) is 9.15 Å². The number of benzene rings is 3. The quantitative estimate of drug-likeness (QED) is 0.180. The van der Waals surface area contributed by atoms with Crippen LogP contribution in [-0.4, -0.2) is 77.4 Å². The van der Waals surface area contributed by atoms with Gasteiger partial charge in [0, 0.05) is 50.3 Å². The largest absolute Gasteiger partial charge is 0.493 e. The zero-order chi connectivity index (χ0) is 31.3. The Kier molecular flexibility index (Phi) is 9.37. The van der Waals surface area contributed by atoms with Crippen molar-refractivity contribution >= 4 is 21.7 Å². The highest BCUT2D eigenvalue weighted by molar-refractivity contribution is 7.89. The van der Waals surface area contributed by atoms with Gasteiger partial charge in [0.25, 0.3) is 5.69 Å². The van der Waals surface area contributed by atoms with E-state index in [1.165, 1.54) is 16.4 Å². The van der Waals surface area contributed by atoms with Crippen LogP contribution < -0.4 is 4.74 Å². The maximum Gasteiger partial charge on any atom is 0.321 e. The number of carboxylic acids is 1. The second kappa shape index (κ2) is 13.4. The number of aryl methyl sites for hydroxylation is 1. The molecule has 0 radical (unpaired) electrons. The number of nitro groups is 1. The number of sulfonamides is 1. The third-order valence-electron chi connectivity index (χ3n) is 7.56. The summed E-state index contributed by atoms with van der Waals surface area (Å²) in [5, 5.41) is 20.9. The zero-order valence-electron chi connectivity index (χ0n) is 24.0. The normalized spacial score (nSPS) is 15.1. The fraction of sp³-hybridized carbons (Fsp3) is 0.290. The van der Waals surface area contributed by atoms with E-state index in [9.17, 15) is 28.4 Å². The molecule has 3 aromatic carbocycles. The average Bonchev–Trinajstić information content (AvgIpc) is 3.41. The van der Waals surface area contributed by atoms with Crippen molar-refractivity contribution in [2.75, 3.05) is 32.8 Å². The number of carbonyl (C=O) groups is 1. The molecule has 0 unspecified atom stereocenters. The minimum atomic E-state index is -3.86. The van der Waals surface area contributed by atoms with Crippen LogP contribution in [0.3, 0.4) is 0 Å². The van der Waals surface area contributed by atoms with Crippen molar-refractivity contribution in [3.8, 4) is 17.2 Å². The molecule has 12 nitrogen and oxygen atoms in total. The Hall–Kier alpha value is -4.59. The van der Waals surface area contributed by atoms with Gasteiger partial charge in [-0.15, -0.1) is 0 Å². The molecule has 1 saturated heterocycles. The maximum atomic E-state index is 13.0. The number of rotatable bonds is 12. The highest BCUT2D eigenvalue weighted by Crippen LogP contribution is 2.24. The first-order chi connectivity index (χ1) is 21.1. The van der Waals surface area contributed by atoms with Crippen LogP contribution in [0.15, 0.2) is 88.2 Å². The van der Waals surface area contributed by atoms with Crippen molar-refractivity contribution < 1.29 is 32.4 Å². The number of piperazine rings is 1. The molecule has 1 fully saturated rings. The molecule has 1 aromatic heterocycles. The van der Waals surface area contributed by atoms with E-state index in [2.05, 4.69) is 4.98 Å². The molecule has 2 heterocycles. The van der Waals surface area contributed by atoms with Gasteiger partial charge in [0.05, 0.1) is 22.1 Å². The maximum absolute atomic E-state index is 13.0. The van der Waals surface area contributed by atoms with Crippen molar-refractivity contribution in [2.24, 2.45) is 0 Å². The number of non-ortho nitro benzene ring substituents is 1. The van der Waals surface area contributed by atoms with E-state index in [1.54, 1.807) is 17.0 Å². The van der Waals surface area contributed by atoms with E-state index >= 15 is 0 Å². The van der Waals surface area contributed by atoms with Gasteiger partial charge in [-0.2, -0.15) is 4.31 Å². The first-order valence-corrected chi connectivity index (χ1v) is 15.5. The fourth-order valence-electron chi connectivity index (χ4n) is 5.09. The lowest BCUT2D eigenvalue weighted by atomic mass is 10.0. The number of nitrogens with zero attached hydrogens (tertiary/aromatic N) is 4. The molecule has 0 spiro atoms. The van der Waals surface area contributed by atoms with Crippen LogP contribution in [0, 0.1) is 17.0 Å². The van der Waals surface area contributed by atoms with E-state index in [-0.39, 0.29) is 43.2 Å². The van der Waals surface area contributed by atoms with Crippen LogP contribution in [0.5, 0.6) is 5.75 Å². The number of ether oxygens (including phenoxy) is 1. The predicted octanol–water partition coefficient (Wildman–Crippen LogP) is 4.18. The molecule has 1 atom stereocenters. The summed E-state index contributed by atoms with van der Waals surface area (Å²) in [7, 11) is -3.86. The minimum absolute atomic E-state index is 0.0401. The van der Waals surface area contributed by atoms with E-state index < -0.39 is 27.0 Å².